The molecule has 160 valence electrons. The predicted molar refractivity (Wildman–Crippen MR) is 116 cm³/mol. The number of anilines is 1. The molecule has 0 aliphatic carbocycles. The average Bonchev–Trinajstić information content (AvgIpc) is 2.79. The summed E-state index contributed by atoms with van der Waals surface area (Å²) in [5.41, 5.74) is 0.769. The Morgan fingerprint density at radius 1 is 1.23 bits per heavy atom. The first-order valence-corrected chi connectivity index (χ1v) is 10.5. The van der Waals surface area contributed by atoms with Crippen molar-refractivity contribution in [3.8, 4) is 11.4 Å². The van der Waals surface area contributed by atoms with E-state index in [4.69, 9.17) is 11.6 Å². The number of rotatable bonds is 5. The zero-order valence-corrected chi connectivity index (χ0v) is 17.8. The van der Waals surface area contributed by atoms with Crippen molar-refractivity contribution in [1.29, 1.82) is 0 Å². The summed E-state index contributed by atoms with van der Waals surface area (Å²) in [6.07, 6.45) is 8.11. The van der Waals surface area contributed by atoms with Crippen LogP contribution in [-0.2, 0) is 0 Å². The first-order chi connectivity index (χ1) is 15.0. The summed E-state index contributed by atoms with van der Waals surface area (Å²) in [4.78, 5) is 32.2. The molecule has 3 aromatic rings. The van der Waals surface area contributed by atoms with Gasteiger partial charge < -0.3 is 10.2 Å². The summed E-state index contributed by atoms with van der Waals surface area (Å²) in [7, 11) is 0. The predicted octanol–water partition coefficient (Wildman–Crippen LogP) is 4.08. The molecule has 1 aromatic carbocycles. The lowest BCUT2D eigenvalue weighted by molar-refractivity contribution is 0.0540. The van der Waals surface area contributed by atoms with E-state index in [1.807, 2.05) is 0 Å². The monoisotopic (exact) mass is 440 g/mol. The second-order valence-corrected chi connectivity index (χ2v) is 7.99. The van der Waals surface area contributed by atoms with Crippen molar-refractivity contribution in [2.75, 3.05) is 18.4 Å². The molecule has 0 spiro atoms. The fourth-order valence-electron chi connectivity index (χ4n) is 3.89. The molecule has 4 rings (SSSR count). The van der Waals surface area contributed by atoms with E-state index in [0.29, 0.717) is 35.4 Å². The maximum atomic E-state index is 14.1. The number of hydrogen-bond acceptors (Lipinski definition) is 6. The topological polar surface area (TPSA) is 83.9 Å². The van der Waals surface area contributed by atoms with Crippen molar-refractivity contribution in [1.82, 2.24) is 24.8 Å². The summed E-state index contributed by atoms with van der Waals surface area (Å²) in [5.74, 6) is 0.371. The average molecular weight is 441 g/mol. The molecule has 1 aliphatic heterocycles. The van der Waals surface area contributed by atoms with Gasteiger partial charge >= 0.3 is 0 Å². The summed E-state index contributed by atoms with van der Waals surface area (Å²) in [6.45, 7) is 3.17. The normalized spacial score (nSPS) is 18.6. The highest BCUT2D eigenvalue weighted by Crippen LogP contribution is 2.29. The lowest BCUT2D eigenvalue weighted by Gasteiger charge is -2.40. The number of halogens is 2. The van der Waals surface area contributed by atoms with Crippen LogP contribution in [0.1, 0.15) is 30.1 Å². The van der Waals surface area contributed by atoms with Crippen LogP contribution in [-0.4, -0.2) is 49.9 Å². The van der Waals surface area contributed by atoms with Crippen LogP contribution in [0, 0.1) is 11.7 Å². The summed E-state index contributed by atoms with van der Waals surface area (Å²) in [5, 5.41) is 3.65. The number of carbonyl (C=O) groups excluding carboxylic acids is 1. The summed E-state index contributed by atoms with van der Waals surface area (Å²) < 4.78 is 14.1. The van der Waals surface area contributed by atoms with Crippen LogP contribution in [0.4, 0.5) is 10.3 Å². The molecular formula is C22H22ClFN6O. The van der Waals surface area contributed by atoms with Gasteiger partial charge in [0.15, 0.2) is 5.82 Å². The number of carbonyl (C=O) groups is 1. The molecule has 31 heavy (non-hydrogen) atoms. The molecular weight excluding hydrogens is 419 g/mol. The van der Waals surface area contributed by atoms with Gasteiger partial charge in [0.1, 0.15) is 5.82 Å². The van der Waals surface area contributed by atoms with Crippen LogP contribution >= 0.6 is 11.6 Å². The molecule has 0 radical (unpaired) electrons. The van der Waals surface area contributed by atoms with E-state index in [9.17, 15) is 9.18 Å². The Morgan fingerprint density at radius 2 is 1.97 bits per heavy atom. The van der Waals surface area contributed by atoms with Crippen LogP contribution in [0.3, 0.4) is 0 Å². The molecule has 2 aromatic heterocycles. The lowest BCUT2D eigenvalue weighted by Crippen LogP contribution is -2.51. The third-order valence-corrected chi connectivity index (χ3v) is 5.68. The Morgan fingerprint density at radius 3 is 2.71 bits per heavy atom. The molecule has 1 saturated heterocycles. The van der Waals surface area contributed by atoms with Gasteiger partial charge in [0.2, 0.25) is 5.95 Å². The lowest BCUT2D eigenvalue weighted by atomic mass is 9.89. The molecule has 0 bridgehead atoms. The van der Waals surface area contributed by atoms with E-state index < -0.39 is 5.82 Å². The summed E-state index contributed by atoms with van der Waals surface area (Å²) >= 11 is 5.85. The van der Waals surface area contributed by atoms with E-state index in [1.54, 1.807) is 29.4 Å². The zero-order valence-electron chi connectivity index (χ0n) is 17.0. The van der Waals surface area contributed by atoms with Crippen molar-refractivity contribution in [3.05, 3.63) is 65.5 Å². The van der Waals surface area contributed by atoms with E-state index in [-0.39, 0.29) is 23.4 Å². The third kappa shape index (κ3) is 4.80. The van der Waals surface area contributed by atoms with Gasteiger partial charge in [0.25, 0.3) is 5.91 Å². The van der Waals surface area contributed by atoms with Gasteiger partial charge in [-0.15, -0.1) is 0 Å². The van der Waals surface area contributed by atoms with Crippen molar-refractivity contribution in [2.45, 2.75) is 25.8 Å². The van der Waals surface area contributed by atoms with Crippen LogP contribution in [0.25, 0.3) is 11.4 Å². The van der Waals surface area contributed by atoms with Gasteiger partial charge in [-0.05, 0) is 43.0 Å². The smallest absolute Gasteiger partial charge is 0.255 e. The van der Waals surface area contributed by atoms with E-state index in [1.165, 1.54) is 24.5 Å². The van der Waals surface area contributed by atoms with Gasteiger partial charge in [-0.2, -0.15) is 0 Å². The largest absolute Gasteiger partial charge is 0.352 e. The molecule has 1 fully saturated rings. The standard InChI is InChI=1S/C22H22ClFN6O/c1-14-4-2-9-30(19(14)13-29-22-27-11-15(23)12-28-22)21(31)18-10-16(24)5-6-17(18)20-25-7-3-8-26-20/h3,5-8,10-12,14,19H,2,4,9,13H2,1H3,(H,27,28,29)/t14-,19?/m1/s1. The Labute approximate surface area is 184 Å². The first-order valence-electron chi connectivity index (χ1n) is 10.1. The highest BCUT2D eigenvalue weighted by molar-refractivity contribution is 6.30. The van der Waals surface area contributed by atoms with Gasteiger partial charge in [-0.3, -0.25) is 4.79 Å². The minimum Gasteiger partial charge on any atom is -0.352 e. The zero-order chi connectivity index (χ0) is 21.8. The fourth-order valence-corrected chi connectivity index (χ4v) is 3.99. The molecule has 2 atom stereocenters. The molecule has 1 N–H and O–H groups in total. The SMILES string of the molecule is C[C@@H]1CCCN(C(=O)c2cc(F)ccc2-c2ncccn2)C1CNc1ncc(Cl)cn1. The number of nitrogens with one attached hydrogen (secondary N) is 1. The van der Waals surface area contributed by atoms with Crippen molar-refractivity contribution in [2.24, 2.45) is 5.92 Å². The maximum Gasteiger partial charge on any atom is 0.255 e. The highest BCUT2D eigenvalue weighted by atomic mass is 35.5. The van der Waals surface area contributed by atoms with Gasteiger partial charge in [0, 0.05) is 31.0 Å². The van der Waals surface area contributed by atoms with Gasteiger partial charge in [0.05, 0.1) is 29.0 Å². The second kappa shape index (κ2) is 9.34. The molecule has 1 unspecified atom stereocenters. The second-order valence-electron chi connectivity index (χ2n) is 7.55. The maximum absolute atomic E-state index is 14.1. The molecule has 9 heteroatoms. The molecule has 0 saturated carbocycles. The Kier molecular flexibility index (Phi) is 6.36. The van der Waals surface area contributed by atoms with Crippen LogP contribution < -0.4 is 5.32 Å². The fraction of sp³-hybridized carbons (Fsp3) is 0.318. The molecule has 7 nitrogen and oxygen atoms in total. The van der Waals surface area contributed by atoms with E-state index >= 15 is 0 Å². The number of hydrogen-bond donors (Lipinski definition) is 1. The van der Waals surface area contributed by atoms with E-state index in [2.05, 4.69) is 32.2 Å². The Balaban J connectivity index is 1.61. The number of amides is 1. The van der Waals surface area contributed by atoms with Crippen molar-refractivity contribution >= 4 is 23.5 Å². The quantitative estimate of drug-likeness (QED) is 0.643. The summed E-state index contributed by atoms with van der Waals surface area (Å²) in [6, 6.07) is 5.73. The Bertz CT molecular complexity index is 1050. The molecule has 1 aliphatic rings. The van der Waals surface area contributed by atoms with E-state index in [0.717, 1.165) is 12.8 Å². The van der Waals surface area contributed by atoms with Crippen LogP contribution in [0.5, 0.6) is 0 Å². The van der Waals surface area contributed by atoms with Crippen molar-refractivity contribution < 1.29 is 9.18 Å². The highest BCUT2D eigenvalue weighted by Gasteiger charge is 2.33. The molecule has 1 amide bonds. The Hall–Kier alpha value is -3.13. The van der Waals surface area contributed by atoms with Crippen LogP contribution in [0.2, 0.25) is 5.02 Å². The third-order valence-electron chi connectivity index (χ3n) is 5.48. The molecule has 3 heterocycles. The minimum atomic E-state index is -0.475. The number of piperidine rings is 1. The number of nitrogens with zero attached hydrogens (tertiary/aromatic N) is 5. The first kappa shape index (κ1) is 21.1. The van der Waals surface area contributed by atoms with Crippen molar-refractivity contribution in [3.63, 3.8) is 0 Å². The number of aromatic nitrogens is 4. The van der Waals surface area contributed by atoms with Crippen LogP contribution in [0.15, 0.2) is 49.1 Å². The number of likely N-dealkylation sites (tertiary alicyclic amines) is 1. The minimum absolute atomic E-state index is 0.103. The van der Waals surface area contributed by atoms with Gasteiger partial charge in [-0.25, -0.2) is 24.3 Å². The number of benzene rings is 1. The van der Waals surface area contributed by atoms with Gasteiger partial charge in [-0.1, -0.05) is 18.5 Å².